The lowest BCUT2D eigenvalue weighted by molar-refractivity contribution is 0.223. The van der Waals surface area contributed by atoms with Crippen LogP contribution in [0, 0.1) is 12.3 Å². The molecule has 0 radical (unpaired) electrons. The van der Waals surface area contributed by atoms with Crippen LogP contribution in [-0.2, 0) is 9.84 Å². The standard InChI is InChI=1S/C20H35N3O3S/c1-7-21-19(23-15-20(4,5)11-12-27(6,24)25)22-14-17(3)26-18-10-8-9-16(2)13-18/h8-10,13,17H,7,11-12,14-15H2,1-6H3,(H2,21,22,23). The molecule has 154 valence electrons. The Balaban J connectivity index is 2.57. The molecule has 0 spiro atoms. The summed E-state index contributed by atoms with van der Waals surface area (Å²) in [6.07, 6.45) is 1.84. The van der Waals surface area contributed by atoms with Gasteiger partial charge in [0.05, 0.1) is 12.3 Å². The van der Waals surface area contributed by atoms with Crippen molar-refractivity contribution in [2.45, 2.75) is 47.1 Å². The topological polar surface area (TPSA) is 79.8 Å². The van der Waals surface area contributed by atoms with Crippen LogP contribution in [-0.4, -0.2) is 52.1 Å². The van der Waals surface area contributed by atoms with Crippen LogP contribution in [0.4, 0.5) is 0 Å². The van der Waals surface area contributed by atoms with E-state index in [1.54, 1.807) is 0 Å². The molecular formula is C20H35N3O3S. The second-order valence-corrected chi connectivity index (χ2v) is 10.1. The summed E-state index contributed by atoms with van der Waals surface area (Å²) in [5.74, 6) is 1.75. The minimum atomic E-state index is -2.96. The summed E-state index contributed by atoms with van der Waals surface area (Å²) in [6.45, 7) is 12.0. The van der Waals surface area contributed by atoms with Crippen molar-refractivity contribution in [1.29, 1.82) is 0 Å². The van der Waals surface area contributed by atoms with Crippen molar-refractivity contribution >= 4 is 15.8 Å². The fraction of sp³-hybridized carbons (Fsp3) is 0.650. The highest BCUT2D eigenvalue weighted by atomic mass is 32.2. The molecule has 1 aromatic carbocycles. The smallest absolute Gasteiger partial charge is 0.191 e. The Labute approximate surface area is 164 Å². The van der Waals surface area contributed by atoms with Gasteiger partial charge in [0, 0.05) is 19.3 Å². The van der Waals surface area contributed by atoms with E-state index in [4.69, 9.17) is 4.74 Å². The normalized spacial score (nSPS) is 13.9. The minimum Gasteiger partial charge on any atom is -0.489 e. The molecule has 0 aliphatic carbocycles. The van der Waals surface area contributed by atoms with Gasteiger partial charge in [0.2, 0.25) is 0 Å². The number of guanidine groups is 1. The molecule has 0 saturated carbocycles. The lowest BCUT2D eigenvalue weighted by atomic mass is 9.90. The minimum absolute atomic E-state index is 0.0195. The van der Waals surface area contributed by atoms with Crippen molar-refractivity contribution in [3.63, 3.8) is 0 Å². The Morgan fingerprint density at radius 1 is 1.30 bits per heavy atom. The lowest BCUT2D eigenvalue weighted by Gasteiger charge is -2.23. The number of ether oxygens (including phenoxy) is 1. The van der Waals surface area contributed by atoms with E-state index in [9.17, 15) is 8.42 Å². The van der Waals surface area contributed by atoms with E-state index in [1.807, 2.05) is 58.9 Å². The first-order valence-corrected chi connectivity index (χ1v) is 11.5. The highest BCUT2D eigenvalue weighted by Crippen LogP contribution is 2.21. The maximum atomic E-state index is 11.4. The summed E-state index contributed by atoms with van der Waals surface area (Å²) >= 11 is 0. The fourth-order valence-electron chi connectivity index (χ4n) is 2.38. The van der Waals surface area contributed by atoms with Gasteiger partial charge in [-0.2, -0.15) is 0 Å². The van der Waals surface area contributed by atoms with Crippen molar-refractivity contribution < 1.29 is 13.2 Å². The third kappa shape index (κ3) is 10.9. The molecular weight excluding hydrogens is 362 g/mol. The fourth-order valence-corrected chi connectivity index (χ4v) is 3.30. The third-order valence-electron chi connectivity index (χ3n) is 4.04. The SMILES string of the molecule is CCNC(=NCC(C)(C)CCS(C)(=O)=O)NCC(C)Oc1cccc(C)c1. The van der Waals surface area contributed by atoms with Crippen molar-refractivity contribution in [2.24, 2.45) is 10.4 Å². The number of hydrogen-bond acceptors (Lipinski definition) is 4. The van der Waals surface area contributed by atoms with E-state index in [0.717, 1.165) is 12.3 Å². The zero-order chi connectivity index (χ0) is 20.5. The van der Waals surface area contributed by atoms with E-state index in [2.05, 4.69) is 15.6 Å². The summed E-state index contributed by atoms with van der Waals surface area (Å²) in [5, 5.41) is 6.52. The number of aryl methyl sites for hydroxylation is 1. The Hall–Kier alpha value is -1.76. The van der Waals surface area contributed by atoms with Gasteiger partial charge in [-0.05, 0) is 50.3 Å². The van der Waals surface area contributed by atoms with Gasteiger partial charge in [-0.1, -0.05) is 26.0 Å². The van der Waals surface area contributed by atoms with Gasteiger partial charge in [-0.3, -0.25) is 4.99 Å². The van der Waals surface area contributed by atoms with E-state index >= 15 is 0 Å². The van der Waals surface area contributed by atoms with Crippen LogP contribution in [0.1, 0.15) is 39.7 Å². The van der Waals surface area contributed by atoms with E-state index in [1.165, 1.54) is 11.8 Å². The lowest BCUT2D eigenvalue weighted by Crippen LogP contribution is -2.42. The van der Waals surface area contributed by atoms with Crippen LogP contribution in [0.2, 0.25) is 0 Å². The van der Waals surface area contributed by atoms with Gasteiger partial charge in [0.1, 0.15) is 21.7 Å². The number of nitrogens with one attached hydrogen (secondary N) is 2. The summed E-state index contributed by atoms with van der Waals surface area (Å²) in [4.78, 5) is 4.62. The first-order valence-electron chi connectivity index (χ1n) is 9.44. The predicted octanol–water partition coefficient (Wildman–Crippen LogP) is 2.78. The molecule has 1 unspecified atom stereocenters. The van der Waals surface area contributed by atoms with Crippen molar-refractivity contribution in [1.82, 2.24) is 10.6 Å². The van der Waals surface area contributed by atoms with Crippen molar-refractivity contribution in [3.8, 4) is 5.75 Å². The number of nitrogens with zero attached hydrogens (tertiary/aromatic N) is 1. The maximum absolute atomic E-state index is 11.4. The van der Waals surface area contributed by atoms with Crippen LogP contribution in [0.3, 0.4) is 0 Å². The van der Waals surface area contributed by atoms with Gasteiger partial charge in [-0.15, -0.1) is 0 Å². The quantitative estimate of drug-likeness (QED) is 0.469. The molecule has 0 heterocycles. The third-order valence-corrected chi connectivity index (χ3v) is 4.99. The van der Waals surface area contributed by atoms with Gasteiger partial charge in [-0.25, -0.2) is 8.42 Å². The summed E-state index contributed by atoms with van der Waals surface area (Å²) in [6, 6.07) is 7.99. The number of aliphatic imine (C=N–C) groups is 1. The summed E-state index contributed by atoms with van der Waals surface area (Å²) < 4.78 is 28.7. The molecule has 0 fully saturated rings. The molecule has 2 N–H and O–H groups in total. The largest absolute Gasteiger partial charge is 0.489 e. The molecule has 1 rings (SSSR count). The molecule has 0 aliphatic rings. The Morgan fingerprint density at radius 3 is 2.59 bits per heavy atom. The Bertz CT molecular complexity index is 715. The number of rotatable bonds is 10. The first-order chi connectivity index (χ1) is 12.5. The van der Waals surface area contributed by atoms with Crippen LogP contribution in [0.5, 0.6) is 5.75 Å². The molecule has 1 atom stereocenters. The van der Waals surface area contributed by atoms with Gasteiger partial charge >= 0.3 is 0 Å². The Kier molecular flexibility index (Phi) is 9.09. The molecule has 0 bridgehead atoms. The van der Waals surface area contributed by atoms with Gasteiger partial charge < -0.3 is 15.4 Å². The van der Waals surface area contributed by atoms with Crippen LogP contribution in [0.15, 0.2) is 29.3 Å². The maximum Gasteiger partial charge on any atom is 0.191 e. The zero-order valence-electron chi connectivity index (χ0n) is 17.5. The van der Waals surface area contributed by atoms with E-state index < -0.39 is 9.84 Å². The average Bonchev–Trinajstić information content (AvgIpc) is 2.55. The van der Waals surface area contributed by atoms with Crippen molar-refractivity contribution in [3.05, 3.63) is 29.8 Å². The molecule has 1 aromatic rings. The van der Waals surface area contributed by atoms with Crippen LogP contribution in [0.25, 0.3) is 0 Å². The van der Waals surface area contributed by atoms with Gasteiger partial charge in [0.15, 0.2) is 5.96 Å². The number of sulfone groups is 1. The summed E-state index contributed by atoms with van der Waals surface area (Å²) in [5.41, 5.74) is 0.980. The second-order valence-electron chi connectivity index (χ2n) is 7.87. The molecule has 0 amide bonds. The van der Waals surface area contributed by atoms with Crippen LogP contribution >= 0.6 is 0 Å². The second kappa shape index (κ2) is 10.5. The van der Waals surface area contributed by atoms with Gasteiger partial charge in [0.25, 0.3) is 0 Å². The number of benzene rings is 1. The molecule has 27 heavy (non-hydrogen) atoms. The predicted molar refractivity (Wildman–Crippen MR) is 113 cm³/mol. The molecule has 7 heteroatoms. The van der Waals surface area contributed by atoms with Crippen molar-refractivity contribution in [2.75, 3.05) is 31.6 Å². The highest BCUT2D eigenvalue weighted by Gasteiger charge is 2.20. The monoisotopic (exact) mass is 397 g/mol. The average molecular weight is 398 g/mol. The highest BCUT2D eigenvalue weighted by molar-refractivity contribution is 7.90. The molecule has 0 saturated heterocycles. The molecule has 0 aromatic heterocycles. The number of hydrogen-bond donors (Lipinski definition) is 2. The van der Waals surface area contributed by atoms with E-state index in [0.29, 0.717) is 25.5 Å². The molecule has 6 nitrogen and oxygen atoms in total. The first kappa shape index (κ1) is 23.3. The van der Waals surface area contributed by atoms with E-state index in [-0.39, 0.29) is 17.3 Å². The molecule has 0 aliphatic heterocycles. The Morgan fingerprint density at radius 2 is 2.00 bits per heavy atom. The summed E-state index contributed by atoms with van der Waals surface area (Å²) in [7, 11) is -2.96. The zero-order valence-corrected chi connectivity index (χ0v) is 18.3. The van der Waals surface area contributed by atoms with Crippen LogP contribution < -0.4 is 15.4 Å².